The van der Waals surface area contributed by atoms with Crippen LogP contribution in [0.3, 0.4) is 0 Å². The minimum Gasteiger partial charge on any atom is -0.345 e. The summed E-state index contributed by atoms with van der Waals surface area (Å²) in [6.07, 6.45) is 4.08. The predicted octanol–water partition coefficient (Wildman–Crippen LogP) is 4.43. The van der Waals surface area contributed by atoms with Gasteiger partial charge in [-0.1, -0.05) is 60.8 Å². The molecule has 0 saturated heterocycles. The SMILES string of the molecule is Cl.NCC1(NC(=O)c2cc(-c3ccccc3)ccc2Cl)CCCC1. The van der Waals surface area contributed by atoms with Crippen molar-refractivity contribution in [2.75, 3.05) is 6.54 Å². The molecule has 0 atom stereocenters. The van der Waals surface area contributed by atoms with Crippen molar-refractivity contribution in [3.05, 3.63) is 59.1 Å². The number of benzene rings is 2. The molecule has 0 aliphatic heterocycles. The fourth-order valence-electron chi connectivity index (χ4n) is 3.25. The molecule has 3 rings (SSSR count). The molecule has 0 radical (unpaired) electrons. The van der Waals surface area contributed by atoms with Crippen molar-refractivity contribution in [3.8, 4) is 11.1 Å². The van der Waals surface area contributed by atoms with E-state index in [1.165, 1.54) is 0 Å². The maximum Gasteiger partial charge on any atom is 0.253 e. The summed E-state index contributed by atoms with van der Waals surface area (Å²) in [5, 5.41) is 3.59. The number of nitrogens with two attached hydrogens (primary N) is 1. The Hall–Kier alpha value is -1.55. The van der Waals surface area contributed by atoms with Crippen LogP contribution in [0.5, 0.6) is 0 Å². The standard InChI is InChI=1S/C19H21ClN2O.ClH/c20-17-9-8-15(14-6-2-1-3-7-14)12-16(17)18(23)22-19(13-21)10-4-5-11-19;/h1-3,6-9,12H,4-5,10-11,13,21H2,(H,22,23);1H. The highest BCUT2D eigenvalue weighted by Crippen LogP contribution is 2.30. The van der Waals surface area contributed by atoms with Gasteiger partial charge in [-0.05, 0) is 36.1 Å². The summed E-state index contributed by atoms with van der Waals surface area (Å²) in [5.41, 5.74) is 8.18. The molecule has 0 bridgehead atoms. The second-order valence-corrected chi connectivity index (χ2v) is 6.61. The van der Waals surface area contributed by atoms with Gasteiger partial charge < -0.3 is 11.1 Å². The van der Waals surface area contributed by atoms with E-state index in [0.29, 0.717) is 17.1 Å². The largest absolute Gasteiger partial charge is 0.345 e. The Morgan fingerprint density at radius 1 is 1.08 bits per heavy atom. The van der Waals surface area contributed by atoms with Crippen LogP contribution in [0.25, 0.3) is 11.1 Å². The third-order valence-electron chi connectivity index (χ3n) is 4.65. The van der Waals surface area contributed by atoms with E-state index in [9.17, 15) is 4.79 Å². The summed E-state index contributed by atoms with van der Waals surface area (Å²) in [6.45, 7) is 0.467. The van der Waals surface area contributed by atoms with Gasteiger partial charge in [0.05, 0.1) is 16.1 Å². The number of amides is 1. The number of hydrogen-bond donors (Lipinski definition) is 2. The van der Waals surface area contributed by atoms with Crippen molar-refractivity contribution in [3.63, 3.8) is 0 Å². The maximum absolute atomic E-state index is 12.7. The molecule has 2 aromatic carbocycles. The third kappa shape index (κ3) is 3.92. The molecule has 2 aromatic rings. The first kappa shape index (κ1) is 18.8. The normalized spacial score (nSPS) is 15.6. The van der Waals surface area contributed by atoms with Crippen LogP contribution >= 0.6 is 24.0 Å². The van der Waals surface area contributed by atoms with Gasteiger partial charge in [0.25, 0.3) is 5.91 Å². The van der Waals surface area contributed by atoms with Gasteiger partial charge >= 0.3 is 0 Å². The lowest BCUT2D eigenvalue weighted by atomic mass is 9.96. The molecule has 5 heteroatoms. The highest BCUT2D eigenvalue weighted by atomic mass is 35.5. The van der Waals surface area contributed by atoms with E-state index in [1.54, 1.807) is 6.07 Å². The first-order chi connectivity index (χ1) is 11.1. The average molecular weight is 365 g/mol. The van der Waals surface area contributed by atoms with Gasteiger partial charge in [-0.15, -0.1) is 12.4 Å². The van der Waals surface area contributed by atoms with Crippen LogP contribution in [-0.2, 0) is 0 Å². The van der Waals surface area contributed by atoms with Crippen LogP contribution in [0.2, 0.25) is 5.02 Å². The number of halogens is 2. The molecule has 0 aromatic heterocycles. The Bertz CT molecular complexity index is 698. The molecule has 0 unspecified atom stereocenters. The van der Waals surface area contributed by atoms with Crippen LogP contribution in [0, 0.1) is 0 Å². The summed E-state index contributed by atoms with van der Waals surface area (Å²) < 4.78 is 0. The third-order valence-corrected chi connectivity index (χ3v) is 4.98. The highest BCUT2D eigenvalue weighted by Gasteiger charge is 2.34. The summed E-state index contributed by atoms with van der Waals surface area (Å²) in [7, 11) is 0. The topological polar surface area (TPSA) is 55.1 Å². The van der Waals surface area contributed by atoms with E-state index >= 15 is 0 Å². The maximum atomic E-state index is 12.7. The van der Waals surface area contributed by atoms with Crippen molar-refractivity contribution in [1.29, 1.82) is 0 Å². The van der Waals surface area contributed by atoms with Crippen LogP contribution < -0.4 is 11.1 Å². The highest BCUT2D eigenvalue weighted by molar-refractivity contribution is 6.34. The molecule has 1 fully saturated rings. The van der Waals surface area contributed by atoms with Crippen LogP contribution in [0.15, 0.2) is 48.5 Å². The Labute approximate surface area is 154 Å². The fourth-order valence-corrected chi connectivity index (χ4v) is 3.45. The summed E-state index contributed by atoms with van der Waals surface area (Å²) in [5.74, 6) is -0.139. The van der Waals surface area contributed by atoms with Crippen molar-refractivity contribution in [2.45, 2.75) is 31.2 Å². The summed E-state index contributed by atoms with van der Waals surface area (Å²) in [4.78, 5) is 12.7. The average Bonchev–Trinajstić information content (AvgIpc) is 3.05. The smallest absolute Gasteiger partial charge is 0.253 e. The Kier molecular flexibility index (Phi) is 6.27. The molecule has 3 N–H and O–H groups in total. The molecule has 0 heterocycles. The molecule has 128 valence electrons. The van der Waals surface area contributed by atoms with Gasteiger partial charge in [0, 0.05) is 6.54 Å². The van der Waals surface area contributed by atoms with E-state index in [2.05, 4.69) is 5.32 Å². The lowest BCUT2D eigenvalue weighted by Gasteiger charge is -2.29. The van der Waals surface area contributed by atoms with Crippen LogP contribution in [0.4, 0.5) is 0 Å². The number of rotatable bonds is 4. The van der Waals surface area contributed by atoms with Gasteiger partial charge in [0.15, 0.2) is 0 Å². The first-order valence-electron chi connectivity index (χ1n) is 8.01. The number of carbonyl (C=O) groups excluding carboxylic acids is 1. The van der Waals surface area contributed by atoms with Crippen molar-refractivity contribution in [2.24, 2.45) is 5.73 Å². The predicted molar refractivity (Wildman–Crippen MR) is 102 cm³/mol. The molecule has 24 heavy (non-hydrogen) atoms. The molecule has 1 aliphatic carbocycles. The van der Waals surface area contributed by atoms with E-state index in [-0.39, 0.29) is 23.9 Å². The lowest BCUT2D eigenvalue weighted by Crippen LogP contribution is -2.51. The Balaban J connectivity index is 0.00000208. The van der Waals surface area contributed by atoms with Crippen LogP contribution in [-0.4, -0.2) is 18.0 Å². The molecule has 1 amide bonds. The van der Waals surface area contributed by atoms with Gasteiger partial charge in [-0.3, -0.25) is 4.79 Å². The zero-order valence-electron chi connectivity index (χ0n) is 13.4. The van der Waals surface area contributed by atoms with Gasteiger partial charge in [0.1, 0.15) is 0 Å². The minimum atomic E-state index is -0.275. The monoisotopic (exact) mass is 364 g/mol. The summed E-state index contributed by atoms with van der Waals surface area (Å²) >= 11 is 6.26. The zero-order valence-corrected chi connectivity index (χ0v) is 15.0. The zero-order chi connectivity index (χ0) is 16.3. The molecular weight excluding hydrogens is 343 g/mol. The van der Waals surface area contributed by atoms with Crippen LogP contribution in [0.1, 0.15) is 36.0 Å². The van der Waals surface area contributed by atoms with E-state index < -0.39 is 0 Å². The molecule has 1 saturated carbocycles. The fraction of sp³-hybridized carbons (Fsp3) is 0.316. The minimum absolute atomic E-state index is 0. The molecular formula is C19H22Cl2N2O. The Morgan fingerprint density at radius 3 is 2.38 bits per heavy atom. The van der Waals surface area contributed by atoms with Gasteiger partial charge in [-0.2, -0.15) is 0 Å². The molecule has 1 aliphatic rings. The van der Waals surface area contributed by atoms with Crippen molar-refractivity contribution in [1.82, 2.24) is 5.32 Å². The van der Waals surface area contributed by atoms with Gasteiger partial charge in [0.2, 0.25) is 0 Å². The summed E-state index contributed by atoms with van der Waals surface area (Å²) in [6, 6.07) is 15.5. The van der Waals surface area contributed by atoms with Gasteiger partial charge in [-0.25, -0.2) is 0 Å². The van der Waals surface area contributed by atoms with Crippen molar-refractivity contribution >= 4 is 29.9 Å². The van der Waals surface area contributed by atoms with E-state index in [1.807, 2.05) is 42.5 Å². The second kappa shape index (κ2) is 8.02. The van der Waals surface area contributed by atoms with E-state index in [4.69, 9.17) is 17.3 Å². The quantitative estimate of drug-likeness (QED) is 0.842. The number of hydrogen-bond acceptors (Lipinski definition) is 2. The number of carbonyl (C=O) groups is 1. The Morgan fingerprint density at radius 2 is 1.75 bits per heavy atom. The first-order valence-corrected chi connectivity index (χ1v) is 8.39. The lowest BCUT2D eigenvalue weighted by molar-refractivity contribution is 0.0903. The van der Waals surface area contributed by atoms with E-state index in [0.717, 1.165) is 36.8 Å². The molecule has 0 spiro atoms. The second-order valence-electron chi connectivity index (χ2n) is 6.21. The van der Waals surface area contributed by atoms with Crippen molar-refractivity contribution < 1.29 is 4.79 Å². The number of nitrogens with one attached hydrogen (secondary N) is 1. The molecule has 3 nitrogen and oxygen atoms in total.